The molecule has 1 heterocycles. The number of aliphatic hydroxyl groups is 1. The molecule has 4 atom stereocenters. The number of ether oxygens (including phenoxy) is 2. The maximum absolute atomic E-state index is 13.8. The van der Waals surface area contributed by atoms with E-state index in [1.165, 1.54) is 12.1 Å². The summed E-state index contributed by atoms with van der Waals surface area (Å²) >= 11 is 0. The lowest BCUT2D eigenvalue weighted by molar-refractivity contribution is -0.117. The quantitative estimate of drug-likeness (QED) is 0.190. The second kappa shape index (κ2) is 15.2. The highest BCUT2D eigenvalue weighted by Crippen LogP contribution is 2.36. The number of anilines is 1. The van der Waals surface area contributed by atoms with Crippen molar-refractivity contribution in [2.24, 2.45) is 5.92 Å². The van der Waals surface area contributed by atoms with E-state index in [-0.39, 0.29) is 36.3 Å². The molecule has 1 aliphatic heterocycles. The molecule has 246 valence electrons. The van der Waals surface area contributed by atoms with Crippen LogP contribution >= 0.6 is 0 Å². The Morgan fingerprint density at radius 3 is 2.36 bits per heavy atom. The summed E-state index contributed by atoms with van der Waals surface area (Å²) in [6.45, 7) is 6.97. The number of amides is 2. The van der Waals surface area contributed by atoms with Gasteiger partial charge in [-0.25, -0.2) is 4.39 Å². The van der Waals surface area contributed by atoms with Crippen molar-refractivity contribution in [2.45, 2.75) is 45.4 Å². The summed E-state index contributed by atoms with van der Waals surface area (Å²) in [5.41, 5.74) is 2.45. The van der Waals surface area contributed by atoms with Crippen molar-refractivity contribution in [3.05, 3.63) is 120 Å². The zero-order valence-electron chi connectivity index (χ0n) is 27.2. The van der Waals surface area contributed by atoms with Gasteiger partial charge in [0.1, 0.15) is 23.4 Å². The maximum Gasteiger partial charge on any atom is 0.258 e. The molecule has 2 N–H and O–H groups in total. The average molecular weight is 640 g/mol. The predicted molar refractivity (Wildman–Crippen MR) is 180 cm³/mol. The Kier molecular flexibility index (Phi) is 10.9. The number of rotatable bonds is 11. The van der Waals surface area contributed by atoms with Crippen LogP contribution in [0.25, 0.3) is 0 Å². The number of halogens is 1. The number of likely N-dealkylation sites (N-methyl/N-ethyl adjacent to an activating group) is 1. The van der Waals surface area contributed by atoms with Gasteiger partial charge < -0.3 is 24.8 Å². The number of para-hydroxylation sites is 2. The summed E-state index contributed by atoms with van der Waals surface area (Å²) in [5, 5.41) is 13.0. The molecule has 9 heteroatoms. The van der Waals surface area contributed by atoms with E-state index in [1.807, 2.05) is 75.5 Å². The summed E-state index contributed by atoms with van der Waals surface area (Å²) in [4.78, 5) is 31.1. The highest BCUT2D eigenvalue weighted by Gasteiger charge is 2.35. The van der Waals surface area contributed by atoms with E-state index >= 15 is 0 Å². The van der Waals surface area contributed by atoms with Crippen molar-refractivity contribution in [1.29, 1.82) is 0 Å². The van der Waals surface area contributed by atoms with Gasteiger partial charge in [0.05, 0.1) is 29.8 Å². The fourth-order valence-corrected chi connectivity index (χ4v) is 5.67. The van der Waals surface area contributed by atoms with Gasteiger partial charge in [0.15, 0.2) is 5.75 Å². The molecule has 1 unspecified atom stereocenters. The summed E-state index contributed by atoms with van der Waals surface area (Å²) < 4.78 is 26.1. The first kappa shape index (κ1) is 33.6. The molecule has 0 radical (unpaired) electrons. The van der Waals surface area contributed by atoms with Crippen LogP contribution in [0, 0.1) is 11.7 Å². The third-order valence-electron chi connectivity index (χ3n) is 8.56. The lowest BCUT2D eigenvalue weighted by Crippen LogP contribution is -2.49. The van der Waals surface area contributed by atoms with Gasteiger partial charge in [-0.1, -0.05) is 55.5 Å². The summed E-state index contributed by atoms with van der Waals surface area (Å²) in [7, 11) is 2.02. The smallest absolute Gasteiger partial charge is 0.258 e. The van der Waals surface area contributed by atoms with Crippen LogP contribution in [0.4, 0.5) is 10.1 Å². The van der Waals surface area contributed by atoms with E-state index in [0.29, 0.717) is 42.2 Å². The van der Waals surface area contributed by atoms with Crippen LogP contribution < -0.4 is 14.8 Å². The van der Waals surface area contributed by atoms with E-state index in [4.69, 9.17) is 9.47 Å². The van der Waals surface area contributed by atoms with Gasteiger partial charge in [0.2, 0.25) is 5.91 Å². The molecule has 2 amide bonds. The number of aliphatic hydroxyl groups excluding tert-OH is 1. The predicted octanol–water partition coefficient (Wildman–Crippen LogP) is 6.71. The normalized spacial score (nSPS) is 17.6. The number of nitrogens with one attached hydrogen (secondary N) is 1. The molecule has 4 aromatic rings. The van der Waals surface area contributed by atoms with E-state index in [2.05, 4.69) is 10.2 Å². The molecule has 0 saturated carbocycles. The minimum Gasteiger partial charge on any atom is -0.486 e. The molecule has 0 saturated heterocycles. The molecule has 47 heavy (non-hydrogen) atoms. The molecule has 0 fully saturated rings. The van der Waals surface area contributed by atoms with Gasteiger partial charge >= 0.3 is 0 Å². The fourth-order valence-electron chi connectivity index (χ4n) is 5.67. The van der Waals surface area contributed by atoms with Gasteiger partial charge in [-0.05, 0) is 80.6 Å². The third kappa shape index (κ3) is 8.36. The van der Waals surface area contributed by atoms with Gasteiger partial charge in [-0.2, -0.15) is 0 Å². The average Bonchev–Trinajstić information content (AvgIpc) is 3.07. The number of carbonyl (C=O) groups is 2. The molecule has 0 bridgehead atoms. The number of hydrogen-bond donors (Lipinski definition) is 2. The fraction of sp³-hybridized carbons (Fsp3) is 0.316. The van der Waals surface area contributed by atoms with Crippen LogP contribution in [-0.2, 0) is 11.3 Å². The highest BCUT2D eigenvalue weighted by atomic mass is 19.1. The Labute approximate surface area is 275 Å². The Hall–Kier alpha value is -4.73. The van der Waals surface area contributed by atoms with E-state index in [1.54, 1.807) is 42.2 Å². The van der Waals surface area contributed by atoms with Crippen molar-refractivity contribution in [3.63, 3.8) is 0 Å². The Balaban J connectivity index is 1.36. The molecule has 0 spiro atoms. The Morgan fingerprint density at radius 1 is 1.00 bits per heavy atom. The molecule has 1 aliphatic rings. The first-order chi connectivity index (χ1) is 22.6. The van der Waals surface area contributed by atoms with Gasteiger partial charge in [0.25, 0.3) is 5.91 Å². The van der Waals surface area contributed by atoms with E-state index < -0.39 is 12.0 Å². The zero-order chi connectivity index (χ0) is 33.5. The molecule has 5 rings (SSSR count). The van der Waals surface area contributed by atoms with Crippen LogP contribution in [0.5, 0.6) is 17.2 Å². The molecule has 0 aliphatic carbocycles. The number of hydrogen-bond acceptors (Lipinski definition) is 6. The van der Waals surface area contributed by atoms with Gasteiger partial charge in [-0.15, -0.1) is 0 Å². The van der Waals surface area contributed by atoms with Crippen molar-refractivity contribution < 1.29 is 28.6 Å². The first-order valence-corrected chi connectivity index (χ1v) is 15.9. The Morgan fingerprint density at radius 2 is 1.68 bits per heavy atom. The third-order valence-corrected chi connectivity index (χ3v) is 8.56. The topological polar surface area (TPSA) is 91.3 Å². The first-order valence-electron chi connectivity index (χ1n) is 15.9. The number of carbonyl (C=O) groups excluding carboxylic acids is 2. The largest absolute Gasteiger partial charge is 0.486 e. The number of nitrogens with zero attached hydrogens (tertiary/aromatic N) is 2. The van der Waals surface area contributed by atoms with Gasteiger partial charge in [-0.3, -0.25) is 14.5 Å². The van der Waals surface area contributed by atoms with Crippen molar-refractivity contribution in [2.75, 3.05) is 32.1 Å². The van der Waals surface area contributed by atoms with E-state index in [0.717, 1.165) is 17.1 Å². The second-order valence-corrected chi connectivity index (χ2v) is 12.3. The SMILES string of the molecule is CC(C(=O)Nc1cccc2c1O[C@H](CN(C)Cc1ccc(Oc3ccccc3)cc1)[C@H](C)CN([C@@H](C)CO)C2=O)c1ccc(F)cc1. The lowest BCUT2D eigenvalue weighted by atomic mass is 9.98. The zero-order valence-corrected chi connectivity index (χ0v) is 27.2. The highest BCUT2D eigenvalue weighted by molar-refractivity contribution is 6.02. The molecule has 8 nitrogen and oxygen atoms in total. The second-order valence-electron chi connectivity index (χ2n) is 12.3. The Bertz CT molecular complexity index is 1650. The van der Waals surface area contributed by atoms with Crippen molar-refractivity contribution in [1.82, 2.24) is 9.80 Å². The van der Waals surface area contributed by atoms with Crippen LogP contribution in [0.3, 0.4) is 0 Å². The monoisotopic (exact) mass is 639 g/mol. The van der Waals surface area contributed by atoms with Crippen LogP contribution in [0.2, 0.25) is 0 Å². The molecule has 4 aromatic carbocycles. The number of fused-ring (bicyclic) bond motifs is 1. The standard InChI is InChI=1S/C38H42FN3O5/c1-25-21-42(26(2)24-43)38(45)33-11-8-12-34(40-37(44)27(3)29-15-17-30(39)18-16-29)36(33)47-35(25)23-41(4)22-28-13-19-32(20-14-28)46-31-9-6-5-7-10-31/h5-20,25-27,35,43H,21-24H2,1-4H3,(H,40,44)/t25-,26+,27?,35-/m1/s1. The summed E-state index contributed by atoms with van der Waals surface area (Å²) in [6, 6.07) is 28.1. The lowest BCUT2D eigenvalue weighted by Gasteiger charge is -2.38. The maximum atomic E-state index is 13.8. The van der Waals surface area contributed by atoms with Gasteiger partial charge in [0, 0.05) is 25.6 Å². The summed E-state index contributed by atoms with van der Waals surface area (Å²) in [5.74, 6) is 0.168. The van der Waals surface area contributed by atoms with Crippen LogP contribution in [-0.4, -0.2) is 65.6 Å². The molecular weight excluding hydrogens is 597 g/mol. The van der Waals surface area contributed by atoms with Crippen molar-refractivity contribution in [3.8, 4) is 17.2 Å². The van der Waals surface area contributed by atoms with Crippen LogP contribution in [0.1, 0.15) is 48.2 Å². The minimum absolute atomic E-state index is 0.105. The molecule has 0 aromatic heterocycles. The number of benzene rings is 4. The minimum atomic E-state index is -0.577. The van der Waals surface area contributed by atoms with E-state index in [9.17, 15) is 19.1 Å². The summed E-state index contributed by atoms with van der Waals surface area (Å²) in [6.07, 6.45) is -0.353. The molecular formula is C38H42FN3O5. The van der Waals surface area contributed by atoms with Crippen LogP contribution in [0.15, 0.2) is 97.1 Å². The van der Waals surface area contributed by atoms with Crippen molar-refractivity contribution >= 4 is 17.5 Å².